The van der Waals surface area contributed by atoms with E-state index < -0.39 is 10.5 Å². The van der Waals surface area contributed by atoms with Crippen LogP contribution in [0.5, 0.6) is 0 Å². The molecule has 2 nitrogen and oxygen atoms in total. The van der Waals surface area contributed by atoms with Crippen molar-refractivity contribution in [2.75, 3.05) is 5.88 Å². The Labute approximate surface area is 84.0 Å². The molecule has 0 amide bonds. The number of alkyl halides is 3. The molecule has 0 N–H and O–H groups in total. The van der Waals surface area contributed by atoms with Crippen molar-refractivity contribution in [3.63, 3.8) is 0 Å². The van der Waals surface area contributed by atoms with Crippen molar-refractivity contribution in [3.05, 3.63) is 11.6 Å². The van der Waals surface area contributed by atoms with E-state index in [4.69, 9.17) is 46.4 Å². The Hall–Kier alpha value is 0.370. The fourth-order valence-corrected chi connectivity index (χ4v) is 0.452. The smallest absolute Gasteiger partial charge is 0.351 e. The minimum absolute atomic E-state index is 0.244. The Kier molecular flexibility index (Phi) is 4.56. The van der Waals surface area contributed by atoms with Gasteiger partial charge in [-0.15, -0.1) is 11.6 Å². The highest BCUT2D eigenvalue weighted by Gasteiger charge is 2.28. The van der Waals surface area contributed by atoms with E-state index in [1.807, 2.05) is 0 Å². The molecule has 0 fully saturated rings. The van der Waals surface area contributed by atoms with Crippen molar-refractivity contribution in [2.45, 2.75) is 4.52 Å². The van der Waals surface area contributed by atoms with Gasteiger partial charge in [-0.3, -0.25) is 0 Å². The molecule has 0 saturated heterocycles. The highest BCUT2D eigenvalue weighted by Crippen LogP contribution is 2.25. The van der Waals surface area contributed by atoms with E-state index in [2.05, 4.69) is 11.3 Å². The van der Waals surface area contributed by atoms with Crippen LogP contribution in [0.2, 0.25) is 0 Å². The summed E-state index contributed by atoms with van der Waals surface area (Å²) in [6.45, 7) is 3.10. The quantitative estimate of drug-likeness (QED) is 0.429. The number of carbonyl (C=O) groups excluding carboxylic acids is 1. The molecule has 0 atom stereocenters. The van der Waals surface area contributed by atoms with Crippen LogP contribution in [0.25, 0.3) is 0 Å². The van der Waals surface area contributed by atoms with Crippen molar-refractivity contribution in [1.29, 1.82) is 0 Å². The summed E-state index contributed by atoms with van der Waals surface area (Å²) in [5.41, 5.74) is 0. The number of ether oxygens (including phenoxy) is 1. The van der Waals surface area contributed by atoms with Crippen LogP contribution < -0.4 is 0 Å². The summed E-state index contributed by atoms with van der Waals surface area (Å²) in [5, 5.41) is -0.305. The normalized spacial score (nSPS) is 10.9. The molecule has 64 valence electrons. The summed E-state index contributed by atoms with van der Waals surface area (Å²) in [6, 6.07) is 0. The van der Waals surface area contributed by atoms with Gasteiger partial charge in [-0.2, -0.15) is 0 Å². The molecule has 0 aromatic heterocycles. The van der Waals surface area contributed by atoms with E-state index in [9.17, 15) is 4.79 Å². The number of rotatable bonds is 3. The number of hydrogen-bond donors (Lipinski definition) is 0. The molecule has 0 aromatic rings. The van der Waals surface area contributed by atoms with E-state index in [0.29, 0.717) is 0 Å². The highest BCUT2D eigenvalue weighted by molar-refractivity contribution is 6.51. The molecule has 0 radical (unpaired) electrons. The molecule has 0 aliphatic carbocycles. The fraction of sp³-hybridized carbons (Fsp3) is 0.400. The second-order valence-corrected chi connectivity index (χ2v) is 3.70. The van der Waals surface area contributed by atoms with Crippen LogP contribution in [0, 0.1) is 0 Å². The standard InChI is InChI=1S/C5H4Cl4O2/c1-3(7)4(10)11-5(8,9)2-6/h1-2H2. The summed E-state index contributed by atoms with van der Waals surface area (Å²) in [6.07, 6.45) is 0. The Morgan fingerprint density at radius 1 is 1.55 bits per heavy atom. The van der Waals surface area contributed by atoms with Gasteiger partial charge in [-0.1, -0.05) is 41.4 Å². The molecule has 11 heavy (non-hydrogen) atoms. The monoisotopic (exact) mass is 236 g/mol. The summed E-state index contributed by atoms with van der Waals surface area (Å²) >= 11 is 21.1. The molecule has 0 rings (SSSR count). The van der Waals surface area contributed by atoms with Gasteiger partial charge >= 0.3 is 5.97 Å². The van der Waals surface area contributed by atoms with Crippen molar-refractivity contribution in [3.8, 4) is 0 Å². The Morgan fingerprint density at radius 2 is 2.00 bits per heavy atom. The van der Waals surface area contributed by atoms with E-state index in [-0.39, 0.29) is 10.9 Å². The van der Waals surface area contributed by atoms with Gasteiger partial charge in [0.05, 0.1) is 5.88 Å². The molecule has 0 unspecified atom stereocenters. The minimum atomic E-state index is -1.74. The first-order valence-electron chi connectivity index (χ1n) is 2.40. The van der Waals surface area contributed by atoms with E-state index in [1.54, 1.807) is 0 Å². The molecule has 0 bridgehead atoms. The lowest BCUT2D eigenvalue weighted by Crippen LogP contribution is -2.24. The maximum Gasteiger partial charge on any atom is 0.351 e. The van der Waals surface area contributed by atoms with E-state index >= 15 is 0 Å². The van der Waals surface area contributed by atoms with Crippen LogP contribution in [0.3, 0.4) is 0 Å². The zero-order valence-corrected chi connectivity index (χ0v) is 8.27. The van der Waals surface area contributed by atoms with Crippen molar-refractivity contribution in [1.82, 2.24) is 0 Å². The first kappa shape index (κ1) is 11.4. The summed E-state index contributed by atoms with van der Waals surface area (Å²) in [4.78, 5) is 10.6. The van der Waals surface area contributed by atoms with Crippen molar-refractivity contribution in [2.24, 2.45) is 0 Å². The largest absolute Gasteiger partial charge is 0.423 e. The van der Waals surface area contributed by atoms with Crippen molar-refractivity contribution < 1.29 is 9.53 Å². The molecule has 6 heteroatoms. The minimum Gasteiger partial charge on any atom is -0.423 e. The molecular weight excluding hydrogens is 234 g/mol. The van der Waals surface area contributed by atoms with Gasteiger partial charge in [-0.05, 0) is 0 Å². The maximum absolute atomic E-state index is 10.6. The van der Waals surface area contributed by atoms with Crippen LogP contribution in [0.1, 0.15) is 0 Å². The average Bonchev–Trinajstić information content (AvgIpc) is 1.87. The summed E-state index contributed by atoms with van der Waals surface area (Å²) in [5.74, 6) is -1.14. The van der Waals surface area contributed by atoms with Gasteiger partial charge < -0.3 is 4.74 Å². The first-order valence-corrected chi connectivity index (χ1v) is 4.07. The summed E-state index contributed by atoms with van der Waals surface area (Å²) in [7, 11) is 0. The Balaban J connectivity index is 4.04. The Bertz CT molecular complexity index is 177. The highest BCUT2D eigenvalue weighted by atomic mass is 35.5. The second-order valence-electron chi connectivity index (χ2n) is 1.57. The lowest BCUT2D eigenvalue weighted by molar-refractivity contribution is -0.141. The zero-order valence-electron chi connectivity index (χ0n) is 5.24. The maximum atomic E-state index is 10.6. The van der Waals surface area contributed by atoms with Gasteiger partial charge in [0, 0.05) is 0 Å². The molecule has 0 heterocycles. The van der Waals surface area contributed by atoms with E-state index in [0.717, 1.165) is 0 Å². The van der Waals surface area contributed by atoms with Gasteiger partial charge in [0.25, 0.3) is 4.52 Å². The van der Waals surface area contributed by atoms with Gasteiger partial charge in [0.15, 0.2) is 0 Å². The van der Waals surface area contributed by atoms with Crippen LogP contribution in [0.4, 0.5) is 0 Å². The van der Waals surface area contributed by atoms with Crippen LogP contribution in [-0.4, -0.2) is 16.4 Å². The number of esters is 1. The molecular formula is C5H4Cl4O2. The number of carbonyl (C=O) groups is 1. The van der Waals surface area contributed by atoms with Crippen molar-refractivity contribution >= 4 is 52.4 Å². The summed E-state index contributed by atoms with van der Waals surface area (Å²) < 4.78 is 2.64. The predicted octanol–water partition coefficient (Wildman–Crippen LogP) is 2.65. The lowest BCUT2D eigenvalue weighted by atomic mass is 10.6. The van der Waals surface area contributed by atoms with E-state index in [1.165, 1.54) is 0 Å². The lowest BCUT2D eigenvalue weighted by Gasteiger charge is -2.15. The first-order chi connectivity index (χ1) is 4.89. The topological polar surface area (TPSA) is 26.3 Å². The van der Waals surface area contributed by atoms with Crippen LogP contribution >= 0.6 is 46.4 Å². The van der Waals surface area contributed by atoms with Crippen LogP contribution in [-0.2, 0) is 9.53 Å². The number of halogens is 4. The molecule has 0 aromatic carbocycles. The van der Waals surface area contributed by atoms with Gasteiger partial charge in [0.2, 0.25) is 0 Å². The molecule has 0 saturated carbocycles. The SMILES string of the molecule is C=C(Cl)C(=O)OC(Cl)(Cl)CCl. The van der Waals surface area contributed by atoms with Crippen LogP contribution in [0.15, 0.2) is 11.6 Å². The zero-order chi connectivity index (χ0) is 9.07. The third-order valence-electron chi connectivity index (χ3n) is 0.619. The Morgan fingerprint density at radius 3 is 2.27 bits per heavy atom. The third kappa shape index (κ3) is 4.75. The average molecular weight is 238 g/mol. The van der Waals surface area contributed by atoms with Gasteiger partial charge in [0.1, 0.15) is 5.03 Å². The second kappa shape index (κ2) is 4.41. The molecule has 0 aliphatic heterocycles. The number of hydrogen-bond acceptors (Lipinski definition) is 2. The fourth-order valence-electron chi connectivity index (χ4n) is 0.218. The molecule has 0 spiro atoms. The van der Waals surface area contributed by atoms with Gasteiger partial charge in [-0.25, -0.2) is 4.79 Å². The molecule has 0 aliphatic rings. The predicted molar refractivity (Wildman–Crippen MR) is 46.2 cm³/mol. The third-order valence-corrected chi connectivity index (χ3v) is 1.84.